The SMILES string of the molecule is Cc1ccc(-c2nccc(Nc3cccc(C(=O)NC[C@@H]4CCCO4)c3)n2)cc1. The summed E-state index contributed by atoms with van der Waals surface area (Å²) in [7, 11) is 0. The number of nitrogens with one attached hydrogen (secondary N) is 2. The van der Waals surface area contributed by atoms with Gasteiger partial charge in [-0.05, 0) is 44.0 Å². The standard InChI is InChI=1S/C23H24N4O2/c1-16-7-9-17(10-8-16)22-24-12-11-21(27-22)26-19-5-2-4-18(14-19)23(28)25-15-20-6-3-13-29-20/h2,4-5,7-12,14,20H,3,6,13,15H2,1H3,(H,25,28)(H,24,26,27)/t20-/m0/s1. The Morgan fingerprint density at radius 2 is 2.03 bits per heavy atom. The molecular weight excluding hydrogens is 364 g/mol. The first-order valence-corrected chi connectivity index (χ1v) is 9.84. The molecule has 1 aromatic heterocycles. The van der Waals surface area contributed by atoms with Crippen molar-refractivity contribution in [1.82, 2.24) is 15.3 Å². The van der Waals surface area contributed by atoms with Crippen LogP contribution >= 0.6 is 0 Å². The Morgan fingerprint density at radius 1 is 1.17 bits per heavy atom. The number of carbonyl (C=O) groups is 1. The highest BCUT2D eigenvalue weighted by Crippen LogP contribution is 2.20. The lowest BCUT2D eigenvalue weighted by atomic mass is 10.1. The number of nitrogens with zero attached hydrogens (tertiary/aromatic N) is 2. The summed E-state index contributed by atoms with van der Waals surface area (Å²) >= 11 is 0. The van der Waals surface area contributed by atoms with Crippen LogP contribution in [-0.4, -0.2) is 35.1 Å². The maximum Gasteiger partial charge on any atom is 0.251 e. The van der Waals surface area contributed by atoms with Crippen molar-refractivity contribution in [2.45, 2.75) is 25.9 Å². The number of aryl methyl sites for hydroxylation is 1. The molecule has 1 amide bonds. The molecule has 6 nitrogen and oxygen atoms in total. The van der Waals surface area contributed by atoms with Crippen LogP contribution in [0, 0.1) is 6.92 Å². The molecule has 0 saturated carbocycles. The number of aromatic nitrogens is 2. The second-order valence-electron chi connectivity index (χ2n) is 7.18. The number of hydrogen-bond acceptors (Lipinski definition) is 5. The van der Waals surface area contributed by atoms with E-state index in [0.29, 0.717) is 23.8 Å². The zero-order chi connectivity index (χ0) is 20.1. The molecule has 1 aliphatic heterocycles. The zero-order valence-corrected chi connectivity index (χ0v) is 16.4. The minimum atomic E-state index is -0.104. The third kappa shape index (κ3) is 4.97. The Bertz CT molecular complexity index is 982. The number of ether oxygens (including phenoxy) is 1. The number of rotatable bonds is 6. The van der Waals surface area contributed by atoms with Crippen LogP contribution in [0.25, 0.3) is 11.4 Å². The van der Waals surface area contributed by atoms with E-state index in [0.717, 1.165) is 30.7 Å². The van der Waals surface area contributed by atoms with E-state index in [9.17, 15) is 4.79 Å². The van der Waals surface area contributed by atoms with Crippen LogP contribution in [0.3, 0.4) is 0 Å². The number of hydrogen-bond donors (Lipinski definition) is 2. The van der Waals surface area contributed by atoms with E-state index >= 15 is 0 Å². The van der Waals surface area contributed by atoms with Gasteiger partial charge in [0.15, 0.2) is 5.82 Å². The van der Waals surface area contributed by atoms with Gasteiger partial charge in [-0.25, -0.2) is 9.97 Å². The fourth-order valence-corrected chi connectivity index (χ4v) is 3.27. The molecule has 1 aliphatic rings. The molecular formula is C23H24N4O2. The van der Waals surface area contributed by atoms with E-state index in [1.807, 2.05) is 55.5 Å². The lowest BCUT2D eigenvalue weighted by Crippen LogP contribution is -2.31. The van der Waals surface area contributed by atoms with E-state index in [1.165, 1.54) is 5.56 Å². The van der Waals surface area contributed by atoms with Gasteiger partial charge in [-0.3, -0.25) is 4.79 Å². The molecule has 0 unspecified atom stereocenters. The molecule has 0 radical (unpaired) electrons. The summed E-state index contributed by atoms with van der Waals surface area (Å²) in [6, 6.07) is 17.3. The molecule has 2 aromatic carbocycles. The predicted octanol–water partition coefficient (Wildman–Crippen LogP) is 4.10. The molecule has 2 heterocycles. The molecule has 3 aromatic rings. The summed E-state index contributed by atoms with van der Waals surface area (Å²) < 4.78 is 5.55. The molecule has 148 valence electrons. The molecule has 6 heteroatoms. The fraction of sp³-hybridized carbons (Fsp3) is 0.261. The molecule has 0 spiro atoms. The summed E-state index contributed by atoms with van der Waals surface area (Å²) in [6.07, 6.45) is 3.91. The van der Waals surface area contributed by atoms with Crippen LogP contribution < -0.4 is 10.6 Å². The largest absolute Gasteiger partial charge is 0.376 e. The van der Waals surface area contributed by atoms with Gasteiger partial charge in [0.25, 0.3) is 5.91 Å². The van der Waals surface area contributed by atoms with E-state index in [2.05, 4.69) is 20.6 Å². The summed E-state index contributed by atoms with van der Waals surface area (Å²) in [4.78, 5) is 21.4. The molecule has 0 bridgehead atoms. The Kier molecular flexibility index (Phi) is 5.81. The van der Waals surface area contributed by atoms with Crippen molar-refractivity contribution in [2.24, 2.45) is 0 Å². The average molecular weight is 388 g/mol. The lowest BCUT2D eigenvalue weighted by Gasteiger charge is -2.12. The highest BCUT2D eigenvalue weighted by molar-refractivity contribution is 5.95. The second-order valence-corrected chi connectivity index (χ2v) is 7.18. The normalized spacial score (nSPS) is 15.8. The van der Waals surface area contributed by atoms with Gasteiger partial charge in [0.2, 0.25) is 0 Å². The monoisotopic (exact) mass is 388 g/mol. The topological polar surface area (TPSA) is 76.1 Å². The molecule has 0 aliphatic carbocycles. The summed E-state index contributed by atoms with van der Waals surface area (Å²) in [5, 5.41) is 6.21. The van der Waals surface area contributed by atoms with Crippen molar-refractivity contribution < 1.29 is 9.53 Å². The van der Waals surface area contributed by atoms with Crippen LogP contribution in [0.4, 0.5) is 11.5 Å². The van der Waals surface area contributed by atoms with Crippen molar-refractivity contribution >= 4 is 17.4 Å². The van der Waals surface area contributed by atoms with Crippen molar-refractivity contribution in [3.05, 3.63) is 71.9 Å². The maximum absolute atomic E-state index is 12.5. The van der Waals surface area contributed by atoms with Gasteiger partial charge >= 0.3 is 0 Å². The van der Waals surface area contributed by atoms with Crippen LogP contribution in [0.2, 0.25) is 0 Å². The van der Waals surface area contributed by atoms with Crippen molar-refractivity contribution in [2.75, 3.05) is 18.5 Å². The van der Waals surface area contributed by atoms with E-state index in [-0.39, 0.29) is 12.0 Å². The van der Waals surface area contributed by atoms with Gasteiger partial charge in [0, 0.05) is 36.2 Å². The van der Waals surface area contributed by atoms with Crippen LogP contribution in [-0.2, 0) is 4.74 Å². The average Bonchev–Trinajstić information content (AvgIpc) is 3.27. The Balaban J connectivity index is 1.44. The van der Waals surface area contributed by atoms with E-state index in [1.54, 1.807) is 12.3 Å². The third-order valence-electron chi connectivity index (χ3n) is 4.88. The first-order chi connectivity index (χ1) is 14.2. The number of anilines is 2. The Labute approximate surface area is 170 Å². The number of benzene rings is 2. The van der Waals surface area contributed by atoms with Gasteiger partial charge in [0.1, 0.15) is 5.82 Å². The van der Waals surface area contributed by atoms with Crippen molar-refractivity contribution in [3.8, 4) is 11.4 Å². The van der Waals surface area contributed by atoms with Gasteiger partial charge in [0.05, 0.1) is 6.10 Å². The summed E-state index contributed by atoms with van der Waals surface area (Å²) in [6.45, 7) is 3.37. The minimum absolute atomic E-state index is 0.104. The smallest absolute Gasteiger partial charge is 0.251 e. The fourth-order valence-electron chi connectivity index (χ4n) is 3.27. The van der Waals surface area contributed by atoms with Gasteiger partial charge < -0.3 is 15.4 Å². The van der Waals surface area contributed by atoms with E-state index < -0.39 is 0 Å². The van der Waals surface area contributed by atoms with Gasteiger partial charge in [-0.15, -0.1) is 0 Å². The molecule has 1 fully saturated rings. The lowest BCUT2D eigenvalue weighted by molar-refractivity contribution is 0.0858. The molecule has 2 N–H and O–H groups in total. The summed E-state index contributed by atoms with van der Waals surface area (Å²) in [5.41, 5.74) is 3.54. The Morgan fingerprint density at radius 3 is 2.83 bits per heavy atom. The first-order valence-electron chi connectivity index (χ1n) is 9.84. The van der Waals surface area contributed by atoms with E-state index in [4.69, 9.17) is 4.74 Å². The second kappa shape index (κ2) is 8.84. The highest BCUT2D eigenvalue weighted by atomic mass is 16.5. The van der Waals surface area contributed by atoms with Crippen LogP contribution in [0.15, 0.2) is 60.8 Å². The summed E-state index contributed by atoms with van der Waals surface area (Å²) in [5.74, 6) is 1.22. The van der Waals surface area contributed by atoms with Crippen LogP contribution in [0.1, 0.15) is 28.8 Å². The van der Waals surface area contributed by atoms with Crippen molar-refractivity contribution in [3.63, 3.8) is 0 Å². The minimum Gasteiger partial charge on any atom is -0.376 e. The predicted molar refractivity (Wildman–Crippen MR) is 113 cm³/mol. The molecule has 4 rings (SSSR count). The number of carbonyl (C=O) groups excluding carboxylic acids is 1. The van der Waals surface area contributed by atoms with Gasteiger partial charge in [-0.1, -0.05) is 35.9 Å². The molecule has 1 saturated heterocycles. The molecule has 1 atom stereocenters. The maximum atomic E-state index is 12.5. The number of amides is 1. The highest BCUT2D eigenvalue weighted by Gasteiger charge is 2.16. The van der Waals surface area contributed by atoms with Crippen molar-refractivity contribution in [1.29, 1.82) is 0 Å². The Hall–Kier alpha value is -3.25. The first kappa shape index (κ1) is 19.1. The van der Waals surface area contributed by atoms with Gasteiger partial charge in [-0.2, -0.15) is 0 Å². The quantitative estimate of drug-likeness (QED) is 0.665. The third-order valence-corrected chi connectivity index (χ3v) is 4.88. The molecule has 29 heavy (non-hydrogen) atoms. The zero-order valence-electron chi connectivity index (χ0n) is 16.4. The van der Waals surface area contributed by atoms with Crippen LogP contribution in [0.5, 0.6) is 0 Å².